The van der Waals surface area contributed by atoms with Crippen LogP contribution in [-0.4, -0.2) is 22.9 Å². The fourth-order valence-corrected chi connectivity index (χ4v) is 3.35. The highest BCUT2D eigenvalue weighted by atomic mass is 35.5. The zero-order valence-electron chi connectivity index (χ0n) is 12.8. The van der Waals surface area contributed by atoms with E-state index in [1.54, 1.807) is 0 Å². The van der Waals surface area contributed by atoms with Gasteiger partial charge in [0.2, 0.25) is 5.91 Å². The number of benzene rings is 2. The summed E-state index contributed by atoms with van der Waals surface area (Å²) in [4.78, 5) is 14.1. The van der Waals surface area contributed by atoms with Crippen LogP contribution < -0.4 is 5.73 Å². The van der Waals surface area contributed by atoms with Crippen molar-refractivity contribution in [3.63, 3.8) is 0 Å². The van der Waals surface area contributed by atoms with E-state index in [1.165, 1.54) is 0 Å². The number of nitrogens with two attached hydrogens (primary N) is 1. The second-order valence-electron chi connectivity index (χ2n) is 6.09. The van der Waals surface area contributed by atoms with Crippen LogP contribution in [0.5, 0.6) is 0 Å². The average Bonchev–Trinajstić information content (AvgIpc) is 2.52. The molecule has 0 unspecified atom stereocenters. The number of nitrogens with zero attached hydrogens (tertiary/aromatic N) is 1. The quantitative estimate of drug-likeness (QED) is 0.906. The molecule has 1 aliphatic heterocycles. The van der Waals surface area contributed by atoms with E-state index in [0.29, 0.717) is 10.0 Å². The molecule has 1 aliphatic rings. The van der Waals surface area contributed by atoms with Crippen LogP contribution in [0.2, 0.25) is 10.0 Å². The Morgan fingerprint density at radius 2 is 1.48 bits per heavy atom. The van der Waals surface area contributed by atoms with Crippen molar-refractivity contribution in [1.82, 2.24) is 4.90 Å². The van der Waals surface area contributed by atoms with Crippen molar-refractivity contribution in [2.24, 2.45) is 5.73 Å². The zero-order chi connectivity index (χ0) is 16.6. The molecule has 0 aromatic heterocycles. The van der Waals surface area contributed by atoms with Gasteiger partial charge in [-0.2, -0.15) is 0 Å². The molecule has 0 bridgehead atoms. The van der Waals surface area contributed by atoms with Gasteiger partial charge in [-0.1, -0.05) is 47.5 Å². The molecule has 0 aliphatic carbocycles. The number of rotatable bonds is 4. The van der Waals surface area contributed by atoms with E-state index in [0.717, 1.165) is 24.1 Å². The molecular weight excluding hydrogens is 331 g/mol. The van der Waals surface area contributed by atoms with Crippen molar-refractivity contribution in [3.05, 3.63) is 69.7 Å². The summed E-state index contributed by atoms with van der Waals surface area (Å²) in [5.41, 5.74) is 7.15. The highest BCUT2D eigenvalue weighted by Gasteiger charge is 2.49. The maximum Gasteiger partial charge on any atom is 0.237 e. The highest BCUT2D eigenvalue weighted by Crippen LogP contribution is 2.42. The Balaban J connectivity index is 2.05. The first-order valence-corrected chi connectivity index (χ1v) is 8.25. The van der Waals surface area contributed by atoms with Gasteiger partial charge in [0, 0.05) is 16.6 Å². The van der Waals surface area contributed by atoms with Gasteiger partial charge in [0.25, 0.3) is 0 Å². The molecular formula is C18H18Cl2N2O. The van der Waals surface area contributed by atoms with E-state index >= 15 is 0 Å². The van der Waals surface area contributed by atoms with Crippen molar-refractivity contribution in [3.8, 4) is 0 Å². The number of hydrogen-bond acceptors (Lipinski definition) is 2. The molecule has 1 amide bonds. The molecule has 0 saturated carbocycles. The lowest BCUT2D eigenvalue weighted by Gasteiger charge is -2.52. The number of primary amides is 1. The predicted molar refractivity (Wildman–Crippen MR) is 93.7 cm³/mol. The third-order valence-corrected chi connectivity index (χ3v) is 5.19. The van der Waals surface area contributed by atoms with E-state index in [9.17, 15) is 4.79 Å². The molecule has 0 spiro atoms. The van der Waals surface area contributed by atoms with Crippen LogP contribution in [-0.2, 0) is 4.79 Å². The van der Waals surface area contributed by atoms with Crippen molar-refractivity contribution < 1.29 is 4.79 Å². The van der Waals surface area contributed by atoms with E-state index in [-0.39, 0.29) is 11.9 Å². The molecule has 2 N–H and O–H groups in total. The number of likely N-dealkylation sites (tertiary alicyclic amines) is 1. The van der Waals surface area contributed by atoms with Crippen LogP contribution in [0, 0.1) is 0 Å². The summed E-state index contributed by atoms with van der Waals surface area (Å²) in [6.45, 7) is 2.72. The number of carbonyl (C=O) groups is 1. The molecule has 1 atom stereocenters. The minimum Gasteiger partial charge on any atom is -0.368 e. The Labute approximate surface area is 146 Å². The van der Waals surface area contributed by atoms with Gasteiger partial charge in [-0.25, -0.2) is 0 Å². The Bertz CT molecular complexity index is 669. The molecule has 2 aromatic carbocycles. The molecule has 23 heavy (non-hydrogen) atoms. The average molecular weight is 349 g/mol. The zero-order valence-corrected chi connectivity index (χ0v) is 14.3. The summed E-state index contributed by atoms with van der Waals surface area (Å²) in [7, 11) is 0. The largest absolute Gasteiger partial charge is 0.368 e. The van der Waals surface area contributed by atoms with Gasteiger partial charge in [0.1, 0.15) is 0 Å². The SMILES string of the molecule is C[C@@]1(C(N)=O)CCN1C(c1ccc(Cl)cc1)c1ccc(Cl)cc1. The minimum atomic E-state index is -0.635. The molecule has 2 aromatic rings. The Hall–Kier alpha value is -1.55. The monoisotopic (exact) mass is 348 g/mol. The van der Waals surface area contributed by atoms with Crippen LogP contribution in [0.3, 0.4) is 0 Å². The number of halogens is 2. The van der Waals surface area contributed by atoms with Gasteiger partial charge >= 0.3 is 0 Å². The van der Waals surface area contributed by atoms with E-state index in [2.05, 4.69) is 4.90 Å². The van der Waals surface area contributed by atoms with Crippen LogP contribution in [0.4, 0.5) is 0 Å². The van der Waals surface area contributed by atoms with Crippen molar-refractivity contribution in [2.75, 3.05) is 6.54 Å². The van der Waals surface area contributed by atoms with Crippen LogP contribution >= 0.6 is 23.2 Å². The Morgan fingerprint density at radius 3 is 1.78 bits per heavy atom. The smallest absolute Gasteiger partial charge is 0.237 e. The Kier molecular flexibility index (Phi) is 4.37. The van der Waals surface area contributed by atoms with E-state index < -0.39 is 5.54 Å². The number of amides is 1. The highest BCUT2D eigenvalue weighted by molar-refractivity contribution is 6.30. The van der Waals surface area contributed by atoms with E-state index in [4.69, 9.17) is 28.9 Å². The third-order valence-electron chi connectivity index (χ3n) is 4.69. The van der Waals surface area contributed by atoms with E-state index in [1.807, 2.05) is 55.5 Å². The molecule has 1 heterocycles. The number of carbonyl (C=O) groups excluding carboxylic acids is 1. The summed E-state index contributed by atoms with van der Waals surface area (Å²) in [6.07, 6.45) is 0.764. The lowest BCUT2D eigenvalue weighted by Crippen LogP contribution is -2.65. The van der Waals surface area contributed by atoms with Gasteiger partial charge in [0.15, 0.2) is 0 Å². The van der Waals surface area contributed by atoms with Crippen LogP contribution in [0.25, 0.3) is 0 Å². The van der Waals surface area contributed by atoms with Crippen LogP contribution in [0.15, 0.2) is 48.5 Å². The lowest BCUT2D eigenvalue weighted by molar-refractivity contribution is -0.140. The van der Waals surface area contributed by atoms with Gasteiger partial charge in [-0.3, -0.25) is 9.69 Å². The van der Waals surface area contributed by atoms with Gasteiger partial charge < -0.3 is 5.73 Å². The summed E-state index contributed by atoms with van der Waals surface area (Å²) in [5, 5.41) is 1.37. The molecule has 3 rings (SSSR count). The summed E-state index contributed by atoms with van der Waals surface area (Å²) in [5.74, 6) is -0.295. The first-order valence-electron chi connectivity index (χ1n) is 7.49. The van der Waals surface area contributed by atoms with Crippen LogP contribution in [0.1, 0.15) is 30.5 Å². The summed E-state index contributed by atoms with van der Waals surface area (Å²) < 4.78 is 0. The molecule has 1 fully saturated rings. The lowest BCUT2D eigenvalue weighted by atomic mass is 9.81. The topological polar surface area (TPSA) is 46.3 Å². The maximum absolute atomic E-state index is 11.9. The first kappa shape index (κ1) is 16.3. The second-order valence-corrected chi connectivity index (χ2v) is 6.96. The van der Waals surface area contributed by atoms with Crippen molar-refractivity contribution in [2.45, 2.75) is 24.9 Å². The molecule has 5 heteroatoms. The normalized spacial score (nSPS) is 21.2. The predicted octanol–water partition coefficient (Wildman–Crippen LogP) is 4.03. The van der Waals surface area contributed by atoms with Crippen molar-refractivity contribution >= 4 is 29.1 Å². The molecule has 120 valence electrons. The molecule has 1 saturated heterocycles. The standard InChI is InChI=1S/C18H18Cl2N2O/c1-18(17(21)23)10-11-22(18)16(12-2-6-14(19)7-3-12)13-4-8-15(20)9-5-13/h2-9,16H,10-11H2,1H3,(H2,21,23)/t18-/m0/s1. The fourth-order valence-electron chi connectivity index (χ4n) is 3.10. The fraction of sp³-hybridized carbons (Fsp3) is 0.278. The number of hydrogen-bond donors (Lipinski definition) is 1. The second kappa shape index (κ2) is 6.16. The van der Waals surface area contributed by atoms with Crippen molar-refractivity contribution in [1.29, 1.82) is 0 Å². The molecule has 0 radical (unpaired) electrons. The first-order chi connectivity index (χ1) is 10.9. The third kappa shape index (κ3) is 2.97. The summed E-state index contributed by atoms with van der Waals surface area (Å²) in [6, 6.07) is 15.3. The summed E-state index contributed by atoms with van der Waals surface area (Å²) >= 11 is 12.0. The van der Waals surface area contributed by atoms with Gasteiger partial charge in [-0.15, -0.1) is 0 Å². The Morgan fingerprint density at radius 1 is 1.04 bits per heavy atom. The minimum absolute atomic E-state index is 0.0595. The van der Waals surface area contributed by atoms with Gasteiger partial charge in [-0.05, 0) is 48.7 Å². The molecule has 3 nitrogen and oxygen atoms in total. The van der Waals surface area contributed by atoms with Gasteiger partial charge in [0.05, 0.1) is 11.6 Å². The maximum atomic E-state index is 11.9.